The molecule has 1 aromatic carbocycles. The lowest BCUT2D eigenvalue weighted by Crippen LogP contribution is -2.28. The molecule has 0 aliphatic heterocycles. The Labute approximate surface area is 131 Å². The van der Waals surface area contributed by atoms with Gasteiger partial charge in [0.25, 0.3) is 0 Å². The molecule has 0 fully saturated rings. The van der Waals surface area contributed by atoms with Crippen molar-refractivity contribution in [1.82, 2.24) is 4.72 Å². The van der Waals surface area contributed by atoms with Crippen LogP contribution in [0.15, 0.2) is 23.1 Å². The van der Waals surface area contributed by atoms with Crippen LogP contribution in [0, 0.1) is 0 Å². The Balaban J connectivity index is 3.25. The highest BCUT2D eigenvalue weighted by Crippen LogP contribution is 2.31. The van der Waals surface area contributed by atoms with Gasteiger partial charge in [-0.3, -0.25) is 4.31 Å². The number of anilines is 1. The average molecular weight is 352 g/mol. The Kier molecular flexibility index (Phi) is 6.17. The van der Waals surface area contributed by atoms with Crippen molar-refractivity contribution in [3.63, 3.8) is 0 Å². The van der Waals surface area contributed by atoms with Crippen molar-refractivity contribution < 1.29 is 26.3 Å². The van der Waals surface area contributed by atoms with Gasteiger partial charge < -0.3 is 9.47 Å². The van der Waals surface area contributed by atoms with Crippen LogP contribution >= 0.6 is 0 Å². The molecule has 0 aromatic heterocycles. The second-order valence-electron chi connectivity index (χ2n) is 4.45. The molecule has 0 spiro atoms. The summed E-state index contributed by atoms with van der Waals surface area (Å²) in [6.45, 7) is 0.341. The van der Waals surface area contributed by atoms with Gasteiger partial charge in [0.05, 0.1) is 30.6 Å². The highest BCUT2D eigenvalue weighted by atomic mass is 32.2. The van der Waals surface area contributed by atoms with Crippen LogP contribution in [0.3, 0.4) is 0 Å². The standard InChI is InChI=1S/C12H20N2O6S2/c1-14(21(4,15)16)11-9-10(5-6-12(11)20-3)22(17,18)13-7-8-19-2/h5-6,9,13H,7-8H2,1-4H3. The summed E-state index contributed by atoms with van der Waals surface area (Å²) in [7, 11) is -3.16. The predicted molar refractivity (Wildman–Crippen MR) is 83.3 cm³/mol. The zero-order valence-corrected chi connectivity index (χ0v) is 14.5. The summed E-state index contributed by atoms with van der Waals surface area (Å²) in [6, 6.07) is 3.99. The van der Waals surface area contributed by atoms with Crippen molar-refractivity contribution in [3.8, 4) is 5.75 Å². The number of hydrogen-bond donors (Lipinski definition) is 1. The van der Waals surface area contributed by atoms with Crippen molar-refractivity contribution in [1.29, 1.82) is 0 Å². The fraction of sp³-hybridized carbons (Fsp3) is 0.500. The van der Waals surface area contributed by atoms with E-state index in [9.17, 15) is 16.8 Å². The number of hydrogen-bond acceptors (Lipinski definition) is 6. The zero-order valence-electron chi connectivity index (χ0n) is 12.9. The smallest absolute Gasteiger partial charge is 0.240 e. The maximum Gasteiger partial charge on any atom is 0.240 e. The molecule has 8 nitrogen and oxygen atoms in total. The molecule has 0 saturated heterocycles. The first-order valence-corrected chi connectivity index (χ1v) is 9.57. The third-order valence-corrected chi connectivity index (χ3v) is 5.55. The third kappa shape index (κ3) is 4.57. The summed E-state index contributed by atoms with van der Waals surface area (Å²) in [5.74, 6) is 0.253. The molecule has 126 valence electrons. The Hall–Kier alpha value is -1.36. The molecule has 22 heavy (non-hydrogen) atoms. The Morgan fingerprint density at radius 3 is 2.32 bits per heavy atom. The van der Waals surface area contributed by atoms with E-state index >= 15 is 0 Å². The maximum atomic E-state index is 12.2. The molecule has 0 radical (unpaired) electrons. The molecular weight excluding hydrogens is 332 g/mol. The Morgan fingerprint density at radius 1 is 1.18 bits per heavy atom. The second-order valence-corrected chi connectivity index (χ2v) is 8.24. The summed E-state index contributed by atoms with van der Waals surface area (Å²) in [6.07, 6.45) is 1.02. The van der Waals surface area contributed by atoms with Crippen molar-refractivity contribution in [2.45, 2.75) is 4.90 Å². The molecule has 0 atom stereocenters. The van der Waals surface area contributed by atoms with Crippen LogP contribution in [0.25, 0.3) is 0 Å². The van der Waals surface area contributed by atoms with E-state index in [-0.39, 0.29) is 29.5 Å². The number of sulfonamides is 2. The quantitative estimate of drug-likeness (QED) is 0.662. The minimum atomic E-state index is -3.77. The topological polar surface area (TPSA) is 102 Å². The van der Waals surface area contributed by atoms with Gasteiger partial charge in [-0.1, -0.05) is 0 Å². The van der Waals surface area contributed by atoms with Gasteiger partial charge in [0.1, 0.15) is 5.75 Å². The van der Waals surface area contributed by atoms with Crippen LogP contribution in [0.4, 0.5) is 5.69 Å². The summed E-state index contributed by atoms with van der Waals surface area (Å²) < 4.78 is 60.8. The fourth-order valence-corrected chi connectivity index (χ4v) is 3.16. The summed E-state index contributed by atoms with van der Waals surface area (Å²) in [5, 5.41) is 0. The van der Waals surface area contributed by atoms with Gasteiger partial charge in [0.2, 0.25) is 20.0 Å². The van der Waals surface area contributed by atoms with Crippen molar-refractivity contribution in [3.05, 3.63) is 18.2 Å². The number of rotatable bonds is 8. The van der Waals surface area contributed by atoms with Gasteiger partial charge in [0.15, 0.2) is 0 Å². The lowest BCUT2D eigenvalue weighted by atomic mass is 10.3. The minimum Gasteiger partial charge on any atom is -0.495 e. The van der Waals surface area contributed by atoms with Gasteiger partial charge >= 0.3 is 0 Å². The third-order valence-electron chi connectivity index (χ3n) is 2.90. The number of methoxy groups -OCH3 is 2. The number of benzene rings is 1. The van der Waals surface area contributed by atoms with Crippen molar-refractivity contribution in [2.75, 3.05) is 45.0 Å². The van der Waals surface area contributed by atoms with Crippen LogP contribution in [-0.2, 0) is 24.8 Å². The molecule has 0 aliphatic carbocycles. The van der Waals surface area contributed by atoms with Gasteiger partial charge in [-0.25, -0.2) is 21.6 Å². The molecule has 0 amide bonds. The summed E-state index contributed by atoms with van der Waals surface area (Å²) in [4.78, 5) is -0.0603. The van der Waals surface area contributed by atoms with E-state index in [4.69, 9.17) is 9.47 Å². The summed E-state index contributed by atoms with van der Waals surface area (Å²) in [5.41, 5.74) is 0.139. The van der Waals surface area contributed by atoms with E-state index < -0.39 is 20.0 Å². The molecule has 1 rings (SSSR count). The van der Waals surface area contributed by atoms with Crippen molar-refractivity contribution in [2.24, 2.45) is 0 Å². The first-order chi connectivity index (χ1) is 10.1. The monoisotopic (exact) mass is 352 g/mol. The Bertz CT molecular complexity index is 715. The molecular formula is C12H20N2O6S2. The van der Waals surface area contributed by atoms with Crippen LogP contribution in [-0.4, -0.2) is 57.5 Å². The zero-order chi connectivity index (χ0) is 17.0. The molecule has 0 aliphatic rings. The van der Waals surface area contributed by atoms with Crippen LogP contribution in [0.1, 0.15) is 0 Å². The minimum absolute atomic E-state index is 0.0603. The first kappa shape index (κ1) is 18.7. The van der Waals surface area contributed by atoms with Crippen LogP contribution in [0.2, 0.25) is 0 Å². The predicted octanol–water partition coefficient (Wildman–Crippen LogP) is 0.0157. The number of nitrogens with one attached hydrogen (secondary N) is 1. The second kappa shape index (κ2) is 7.27. The van der Waals surface area contributed by atoms with Gasteiger partial charge in [0, 0.05) is 20.7 Å². The SMILES string of the molecule is COCCNS(=O)(=O)c1ccc(OC)c(N(C)S(C)(=O)=O)c1. The molecule has 0 heterocycles. The van der Waals surface area contributed by atoms with Crippen molar-refractivity contribution >= 4 is 25.7 Å². The van der Waals surface area contributed by atoms with E-state index in [1.807, 2.05) is 0 Å². The van der Waals surface area contributed by atoms with E-state index in [1.54, 1.807) is 0 Å². The highest BCUT2D eigenvalue weighted by Gasteiger charge is 2.21. The molecule has 0 saturated carbocycles. The van der Waals surface area contributed by atoms with E-state index in [1.165, 1.54) is 39.5 Å². The Morgan fingerprint density at radius 2 is 1.82 bits per heavy atom. The van der Waals surface area contributed by atoms with E-state index in [0.29, 0.717) is 0 Å². The number of ether oxygens (including phenoxy) is 2. The van der Waals surface area contributed by atoms with E-state index in [0.717, 1.165) is 10.6 Å². The molecule has 0 unspecified atom stereocenters. The normalized spacial score (nSPS) is 12.2. The lowest BCUT2D eigenvalue weighted by Gasteiger charge is -2.20. The van der Waals surface area contributed by atoms with Gasteiger partial charge in [-0.15, -0.1) is 0 Å². The van der Waals surface area contributed by atoms with Gasteiger partial charge in [-0.2, -0.15) is 0 Å². The summed E-state index contributed by atoms with van der Waals surface area (Å²) >= 11 is 0. The van der Waals surface area contributed by atoms with Crippen LogP contribution in [0.5, 0.6) is 5.75 Å². The first-order valence-electron chi connectivity index (χ1n) is 6.24. The van der Waals surface area contributed by atoms with Crippen LogP contribution < -0.4 is 13.8 Å². The lowest BCUT2D eigenvalue weighted by molar-refractivity contribution is 0.204. The number of nitrogens with zero attached hydrogens (tertiary/aromatic N) is 1. The molecule has 1 aromatic rings. The fourth-order valence-electron chi connectivity index (χ4n) is 1.62. The average Bonchev–Trinajstić information content (AvgIpc) is 2.45. The molecule has 1 N–H and O–H groups in total. The highest BCUT2D eigenvalue weighted by molar-refractivity contribution is 7.92. The molecule has 10 heteroatoms. The molecule has 0 bridgehead atoms. The van der Waals surface area contributed by atoms with Gasteiger partial charge in [-0.05, 0) is 18.2 Å². The largest absolute Gasteiger partial charge is 0.495 e. The maximum absolute atomic E-state index is 12.2. The van der Waals surface area contributed by atoms with E-state index in [2.05, 4.69) is 4.72 Å².